The molecule has 0 saturated carbocycles. The zero-order valence-electron chi connectivity index (χ0n) is 7.32. The van der Waals surface area contributed by atoms with Crippen LogP contribution in [0.3, 0.4) is 0 Å². The third-order valence-electron chi connectivity index (χ3n) is 1.50. The number of hydrogen-bond donors (Lipinski definition) is 2. The summed E-state index contributed by atoms with van der Waals surface area (Å²) in [4.78, 5) is 15.1. The van der Waals surface area contributed by atoms with Gasteiger partial charge in [-0.1, -0.05) is 34.8 Å². The quantitative estimate of drug-likeness (QED) is 0.632. The summed E-state index contributed by atoms with van der Waals surface area (Å²) in [6.07, 6.45) is 1.28. The van der Waals surface area contributed by atoms with Crippen molar-refractivity contribution in [2.45, 2.75) is 10.0 Å². The van der Waals surface area contributed by atoms with E-state index in [0.29, 0.717) is 0 Å². The smallest absolute Gasteiger partial charge is 0.254 e. The first-order chi connectivity index (χ1) is 6.91. The maximum Gasteiger partial charge on any atom is 0.254 e. The van der Waals surface area contributed by atoms with Crippen molar-refractivity contribution in [1.82, 2.24) is 10.3 Å². The fraction of sp³-hybridized carbons (Fsp3) is 0.250. The van der Waals surface area contributed by atoms with Crippen LogP contribution >= 0.6 is 34.8 Å². The molecule has 0 bridgehead atoms. The van der Waals surface area contributed by atoms with Crippen molar-refractivity contribution in [2.24, 2.45) is 0 Å². The van der Waals surface area contributed by atoms with Crippen LogP contribution in [-0.4, -0.2) is 26.0 Å². The lowest BCUT2D eigenvalue weighted by Crippen LogP contribution is -2.43. The van der Waals surface area contributed by atoms with Gasteiger partial charge in [0.25, 0.3) is 5.91 Å². The number of nitrogens with one attached hydrogen (secondary N) is 1. The van der Waals surface area contributed by atoms with E-state index in [4.69, 9.17) is 34.8 Å². The van der Waals surface area contributed by atoms with Crippen LogP contribution in [0.5, 0.6) is 0 Å². The average Bonchev–Trinajstić information content (AvgIpc) is 2.17. The number of aromatic nitrogens is 1. The molecule has 1 aromatic rings. The van der Waals surface area contributed by atoms with E-state index in [1.54, 1.807) is 6.07 Å². The van der Waals surface area contributed by atoms with E-state index < -0.39 is 15.9 Å². The van der Waals surface area contributed by atoms with Crippen LogP contribution in [0, 0.1) is 0 Å². The molecule has 7 heteroatoms. The molecule has 0 saturated heterocycles. The number of aliphatic hydroxyl groups is 1. The van der Waals surface area contributed by atoms with Crippen LogP contribution in [0.1, 0.15) is 10.4 Å². The maximum atomic E-state index is 11.4. The zero-order chi connectivity index (χ0) is 11.5. The summed E-state index contributed by atoms with van der Waals surface area (Å²) in [6.45, 7) is 0. The molecule has 0 fully saturated rings. The highest BCUT2D eigenvalue weighted by Crippen LogP contribution is 2.28. The van der Waals surface area contributed by atoms with Gasteiger partial charge in [0.05, 0.1) is 5.56 Å². The Labute approximate surface area is 101 Å². The highest BCUT2D eigenvalue weighted by molar-refractivity contribution is 6.68. The first-order valence-corrected chi connectivity index (χ1v) is 5.00. The Morgan fingerprint density at radius 3 is 2.67 bits per heavy atom. The lowest BCUT2D eigenvalue weighted by atomic mass is 10.3. The van der Waals surface area contributed by atoms with Gasteiger partial charge in [-0.05, 0) is 12.1 Å². The van der Waals surface area contributed by atoms with Crippen molar-refractivity contribution in [3.05, 3.63) is 30.1 Å². The molecule has 0 aromatic carbocycles. The third kappa shape index (κ3) is 3.83. The molecule has 1 atom stereocenters. The molecular weight excluding hydrogens is 262 g/mol. The van der Waals surface area contributed by atoms with E-state index in [-0.39, 0.29) is 5.56 Å². The van der Waals surface area contributed by atoms with Gasteiger partial charge in [-0.3, -0.25) is 9.78 Å². The molecule has 2 N–H and O–H groups in total. The van der Waals surface area contributed by atoms with Crippen molar-refractivity contribution < 1.29 is 9.90 Å². The van der Waals surface area contributed by atoms with Gasteiger partial charge < -0.3 is 10.4 Å². The molecule has 0 aliphatic carbocycles. The fourth-order valence-electron chi connectivity index (χ4n) is 0.786. The lowest BCUT2D eigenvalue weighted by molar-refractivity contribution is 0.0791. The van der Waals surface area contributed by atoms with Gasteiger partial charge >= 0.3 is 0 Å². The summed E-state index contributed by atoms with van der Waals surface area (Å²) in [5.41, 5.74) is 0.269. The molecule has 82 valence electrons. The summed E-state index contributed by atoms with van der Waals surface area (Å²) in [5, 5.41) is 11.4. The SMILES string of the molecule is O=C(N[C@@H](O)C(Cl)(Cl)Cl)c1cccnc1. The topological polar surface area (TPSA) is 62.2 Å². The number of aliphatic hydroxyl groups excluding tert-OH is 1. The van der Waals surface area contributed by atoms with E-state index in [2.05, 4.69) is 10.3 Å². The number of pyridine rings is 1. The van der Waals surface area contributed by atoms with Crippen LogP contribution in [-0.2, 0) is 0 Å². The second kappa shape index (κ2) is 4.99. The van der Waals surface area contributed by atoms with Crippen LogP contribution in [0.4, 0.5) is 0 Å². The van der Waals surface area contributed by atoms with Gasteiger partial charge in [0.15, 0.2) is 6.23 Å². The maximum absolute atomic E-state index is 11.4. The number of carbonyl (C=O) groups is 1. The molecule has 1 rings (SSSR count). The Morgan fingerprint density at radius 1 is 1.53 bits per heavy atom. The van der Waals surface area contributed by atoms with E-state index in [1.165, 1.54) is 18.5 Å². The molecular formula is C8H7Cl3N2O2. The zero-order valence-corrected chi connectivity index (χ0v) is 9.59. The number of amides is 1. The Bertz CT molecular complexity index is 339. The van der Waals surface area contributed by atoms with Gasteiger partial charge in [-0.2, -0.15) is 0 Å². The minimum absolute atomic E-state index is 0.269. The van der Waals surface area contributed by atoms with Crippen LogP contribution < -0.4 is 5.32 Å². The minimum Gasteiger partial charge on any atom is -0.369 e. The Kier molecular flexibility index (Phi) is 4.16. The molecule has 0 radical (unpaired) electrons. The van der Waals surface area contributed by atoms with Crippen LogP contribution in [0.25, 0.3) is 0 Å². The molecule has 0 unspecified atom stereocenters. The van der Waals surface area contributed by atoms with Crippen molar-refractivity contribution in [3.8, 4) is 0 Å². The van der Waals surface area contributed by atoms with Gasteiger partial charge in [0.2, 0.25) is 3.79 Å². The molecule has 0 spiro atoms. The summed E-state index contributed by atoms with van der Waals surface area (Å²) < 4.78 is -1.96. The Hall–Kier alpha value is -0.550. The summed E-state index contributed by atoms with van der Waals surface area (Å²) >= 11 is 16.1. The Balaban J connectivity index is 2.65. The predicted molar refractivity (Wildman–Crippen MR) is 58.0 cm³/mol. The summed E-state index contributed by atoms with van der Waals surface area (Å²) in [5.74, 6) is -0.568. The molecule has 1 aromatic heterocycles. The van der Waals surface area contributed by atoms with Crippen LogP contribution in [0.2, 0.25) is 0 Å². The van der Waals surface area contributed by atoms with Crippen molar-refractivity contribution in [1.29, 1.82) is 0 Å². The second-order valence-corrected chi connectivity index (χ2v) is 5.03. The largest absolute Gasteiger partial charge is 0.369 e. The molecule has 1 amide bonds. The van der Waals surface area contributed by atoms with Crippen LogP contribution in [0.15, 0.2) is 24.5 Å². The lowest BCUT2D eigenvalue weighted by Gasteiger charge is -2.19. The number of rotatable bonds is 2. The number of carbonyl (C=O) groups excluding carboxylic acids is 1. The summed E-state index contributed by atoms with van der Waals surface area (Å²) in [7, 11) is 0. The van der Waals surface area contributed by atoms with E-state index in [0.717, 1.165) is 0 Å². The molecule has 0 aliphatic heterocycles. The minimum atomic E-state index is -1.96. The van der Waals surface area contributed by atoms with E-state index in [9.17, 15) is 9.90 Å². The predicted octanol–water partition coefficient (Wildman–Crippen LogP) is 1.50. The van der Waals surface area contributed by atoms with Gasteiger partial charge in [-0.25, -0.2) is 0 Å². The third-order valence-corrected chi connectivity index (χ3v) is 2.12. The second-order valence-electron chi connectivity index (χ2n) is 2.66. The number of halogens is 3. The molecule has 1 heterocycles. The highest BCUT2D eigenvalue weighted by Gasteiger charge is 2.32. The number of hydrogen-bond acceptors (Lipinski definition) is 3. The number of nitrogens with zero attached hydrogens (tertiary/aromatic N) is 1. The number of alkyl halides is 3. The van der Waals surface area contributed by atoms with E-state index >= 15 is 0 Å². The molecule has 15 heavy (non-hydrogen) atoms. The first kappa shape index (κ1) is 12.5. The first-order valence-electron chi connectivity index (χ1n) is 3.87. The van der Waals surface area contributed by atoms with Crippen molar-refractivity contribution in [3.63, 3.8) is 0 Å². The summed E-state index contributed by atoms with van der Waals surface area (Å²) in [6, 6.07) is 3.10. The average molecular weight is 270 g/mol. The molecule has 4 nitrogen and oxygen atoms in total. The fourth-order valence-corrected chi connectivity index (χ4v) is 0.950. The van der Waals surface area contributed by atoms with Crippen molar-refractivity contribution in [2.75, 3.05) is 0 Å². The van der Waals surface area contributed by atoms with Crippen molar-refractivity contribution >= 4 is 40.7 Å². The molecule has 0 aliphatic rings. The Morgan fingerprint density at radius 2 is 2.20 bits per heavy atom. The van der Waals surface area contributed by atoms with Gasteiger partial charge in [0.1, 0.15) is 0 Å². The monoisotopic (exact) mass is 268 g/mol. The highest BCUT2D eigenvalue weighted by atomic mass is 35.6. The van der Waals surface area contributed by atoms with Gasteiger partial charge in [-0.15, -0.1) is 0 Å². The van der Waals surface area contributed by atoms with Gasteiger partial charge in [0, 0.05) is 12.4 Å². The normalized spacial score (nSPS) is 13.3. The standard InChI is InChI=1S/C8H7Cl3N2O2/c9-8(10,11)7(15)13-6(14)5-2-1-3-12-4-5/h1-4,7,15H,(H,13,14)/t7-/m0/s1. The van der Waals surface area contributed by atoms with E-state index in [1.807, 2.05) is 0 Å².